The van der Waals surface area contributed by atoms with Gasteiger partial charge in [0.1, 0.15) is 11.9 Å². The Labute approximate surface area is 159 Å². The molecular formula is C21H25FN4O. The van der Waals surface area contributed by atoms with Crippen molar-refractivity contribution < 1.29 is 8.81 Å². The molecule has 1 aromatic heterocycles. The van der Waals surface area contributed by atoms with Gasteiger partial charge >= 0.3 is 0 Å². The number of unbranched alkanes of at least 4 members (excludes halogenated alkanes) is 1. The number of hydrogen-bond acceptors (Lipinski definition) is 5. The summed E-state index contributed by atoms with van der Waals surface area (Å²) in [5.74, 6) is 1.67. The third kappa shape index (κ3) is 5.16. The largest absolute Gasteiger partial charge is 0.422 e. The van der Waals surface area contributed by atoms with Crippen molar-refractivity contribution in [2.24, 2.45) is 11.0 Å². The topological polar surface area (TPSA) is 74.2 Å². The van der Waals surface area contributed by atoms with E-state index in [2.05, 4.69) is 28.5 Å². The number of halogens is 1. The van der Waals surface area contributed by atoms with E-state index >= 15 is 0 Å². The van der Waals surface area contributed by atoms with E-state index < -0.39 is 0 Å². The molecule has 1 saturated carbocycles. The van der Waals surface area contributed by atoms with Gasteiger partial charge in [-0.05, 0) is 49.3 Å². The standard InChI is InChI=1S/C21H25FN4O/c1-2-3-4-15-5-9-17(10-6-15)20-25-19(13-23)21(27-20)26-24-14-16-7-11-18(22)12-8-16/h7-8,11-12,14-15,17,26H,2-6,9-10H2,1H3. The Morgan fingerprint density at radius 2 is 2.04 bits per heavy atom. The number of aromatic nitrogens is 1. The molecule has 0 bridgehead atoms. The number of nitriles is 1. The molecule has 1 aliphatic rings. The molecule has 0 atom stereocenters. The summed E-state index contributed by atoms with van der Waals surface area (Å²) in [5, 5.41) is 13.4. The summed E-state index contributed by atoms with van der Waals surface area (Å²) in [6.07, 6.45) is 9.90. The normalized spacial score (nSPS) is 19.9. The molecule has 0 spiro atoms. The molecule has 1 fully saturated rings. The molecular weight excluding hydrogens is 343 g/mol. The highest BCUT2D eigenvalue weighted by Gasteiger charge is 2.27. The van der Waals surface area contributed by atoms with Crippen molar-refractivity contribution in [2.75, 3.05) is 5.43 Å². The maximum absolute atomic E-state index is 12.9. The van der Waals surface area contributed by atoms with Crippen molar-refractivity contribution in [3.8, 4) is 6.07 Å². The van der Waals surface area contributed by atoms with Crippen LogP contribution in [-0.4, -0.2) is 11.2 Å². The Morgan fingerprint density at radius 1 is 1.30 bits per heavy atom. The quantitative estimate of drug-likeness (QED) is 0.510. The van der Waals surface area contributed by atoms with E-state index in [1.165, 1.54) is 44.2 Å². The third-order valence-electron chi connectivity index (χ3n) is 5.16. The molecule has 6 heteroatoms. The molecule has 0 radical (unpaired) electrons. The molecule has 0 unspecified atom stereocenters. The Bertz CT molecular complexity index is 799. The van der Waals surface area contributed by atoms with E-state index in [1.807, 2.05) is 0 Å². The molecule has 5 nitrogen and oxygen atoms in total. The van der Waals surface area contributed by atoms with Gasteiger partial charge in [-0.25, -0.2) is 14.8 Å². The number of nitrogens with zero attached hydrogens (tertiary/aromatic N) is 3. The number of nitrogens with one attached hydrogen (secondary N) is 1. The molecule has 27 heavy (non-hydrogen) atoms. The fraction of sp³-hybridized carbons (Fsp3) is 0.476. The Balaban J connectivity index is 1.60. The van der Waals surface area contributed by atoms with Crippen LogP contribution in [0.4, 0.5) is 10.3 Å². The lowest BCUT2D eigenvalue weighted by Crippen LogP contribution is -2.13. The first-order valence-corrected chi connectivity index (χ1v) is 9.65. The van der Waals surface area contributed by atoms with Gasteiger partial charge in [0.2, 0.25) is 11.6 Å². The maximum Gasteiger partial charge on any atom is 0.252 e. The molecule has 1 heterocycles. The average Bonchev–Trinajstić information content (AvgIpc) is 3.11. The highest BCUT2D eigenvalue weighted by atomic mass is 19.1. The van der Waals surface area contributed by atoms with E-state index in [9.17, 15) is 9.65 Å². The van der Waals surface area contributed by atoms with Crippen molar-refractivity contribution >= 4 is 12.1 Å². The summed E-state index contributed by atoms with van der Waals surface area (Å²) in [5.41, 5.74) is 3.71. The van der Waals surface area contributed by atoms with Gasteiger partial charge in [0.15, 0.2) is 0 Å². The predicted octanol–water partition coefficient (Wildman–Crippen LogP) is 5.60. The molecule has 0 aliphatic heterocycles. The predicted molar refractivity (Wildman–Crippen MR) is 103 cm³/mol. The Kier molecular flexibility index (Phi) is 6.59. The lowest BCUT2D eigenvalue weighted by molar-refractivity contribution is 0.278. The van der Waals surface area contributed by atoms with E-state index in [-0.39, 0.29) is 23.3 Å². The second kappa shape index (κ2) is 9.31. The first-order chi connectivity index (χ1) is 13.2. The minimum atomic E-state index is -0.295. The number of hydrogen-bond donors (Lipinski definition) is 1. The van der Waals surface area contributed by atoms with E-state index in [0.717, 1.165) is 24.3 Å². The summed E-state index contributed by atoms with van der Waals surface area (Å²) in [7, 11) is 0. The molecule has 142 valence electrons. The zero-order valence-corrected chi connectivity index (χ0v) is 15.6. The number of benzene rings is 1. The molecule has 1 aliphatic carbocycles. The average molecular weight is 368 g/mol. The summed E-state index contributed by atoms with van der Waals surface area (Å²) in [4.78, 5) is 4.36. The van der Waals surface area contributed by atoms with E-state index in [4.69, 9.17) is 4.42 Å². The van der Waals surface area contributed by atoms with E-state index in [1.54, 1.807) is 18.3 Å². The number of oxazole rings is 1. The second-order valence-electron chi connectivity index (χ2n) is 7.12. The van der Waals surface area contributed by atoms with Gasteiger partial charge in [-0.1, -0.05) is 38.3 Å². The van der Waals surface area contributed by atoms with Gasteiger partial charge in [-0.3, -0.25) is 0 Å². The number of rotatable bonds is 7. The monoisotopic (exact) mass is 368 g/mol. The van der Waals surface area contributed by atoms with E-state index in [0.29, 0.717) is 5.89 Å². The summed E-state index contributed by atoms with van der Waals surface area (Å²) in [6.45, 7) is 2.23. The summed E-state index contributed by atoms with van der Waals surface area (Å²) < 4.78 is 18.7. The molecule has 0 amide bonds. The molecule has 3 rings (SSSR count). The van der Waals surface area contributed by atoms with Crippen LogP contribution in [0, 0.1) is 23.1 Å². The summed E-state index contributed by atoms with van der Waals surface area (Å²) in [6, 6.07) is 8.03. The van der Waals surface area contributed by atoms with Crippen LogP contribution in [0.3, 0.4) is 0 Å². The highest BCUT2D eigenvalue weighted by molar-refractivity contribution is 5.80. The van der Waals surface area contributed by atoms with Crippen LogP contribution in [0.2, 0.25) is 0 Å². The van der Waals surface area contributed by atoms with Gasteiger partial charge in [-0.15, -0.1) is 0 Å². The fourth-order valence-corrected chi connectivity index (χ4v) is 3.57. The third-order valence-corrected chi connectivity index (χ3v) is 5.16. The van der Waals surface area contributed by atoms with Crippen LogP contribution in [0.15, 0.2) is 33.8 Å². The molecule has 1 aromatic carbocycles. The van der Waals surface area contributed by atoms with Crippen LogP contribution >= 0.6 is 0 Å². The van der Waals surface area contributed by atoms with Crippen molar-refractivity contribution in [3.05, 3.63) is 47.2 Å². The summed E-state index contributed by atoms with van der Waals surface area (Å²) >= 11 is 0. The second-order valence-corrected chi connectivity index (χ2v) is 7.12. The number of anilines is 1. The zero-order chi connectivity index (χ0) is 19.1. The van der Waals surface area contributed by atoms with Gasteiger partial charge in [0.05, 0.1) is 6.21 Å². The zero-order valence-electron chi connectivity index (χ0n) is 15.6. The van der Waals surface area contributed by atoms with Crippen molar-refractivity contribution in [3.63, 3.8) is 0 Å². The highest BCUT2D eigenvalue weighted by Crippen LogP contribution is 2.38. The maximum atomic E-state index is 12.9. The SMILES string of the molecule is CCCCC1CCC(c2nc(C#N)c(NN=Cc3ccc(F)cc3)o2)CC1. The van der Waals surface area contributed by atoms with Gasteiger partial charge < -0.3 is 4.42 Å². The fourth-order valence-electron chi connectivity index (χ4n) is 3.57. The first-order valence-electron chi connectivity index (χ1n) is 9.65. The van der Waals surface area contributed by atoms with Crippen LogP contribution in [0.5, 0.6) is 0 Å². The van der Waals surface area contributed by atoms with Crippen molar-refractivity contribution in [1.29, 1.82) is 5.26 Å². The van der Waals surface area contributed by atoms with Crippen LogP contribution in [0.1, 0.15) is 74.9 Å². The lowest BCUT2D eigenvalue weighted by Gasteiger charge is -2.26. The molecule has 1 N–H and O–H groups in total. The van der Waals surface area contributed by atoms with Crippen LogP contribution < -0.4 is 5.43 Å². The van der Waals surface area contributed by atoms with Gasteiger partial charge in [0.25, 0.3) is 5.88 Å². The Morgan fingerprint density at radius 3 is 2.70 bits per heavy atom. The lowest BCUT2D eigenvalue weighted by atomic mass is 9.80. The molecule has 0 saturated heterocycles. The smallest absolute Gasteiger partial charge is 0.252 e. The van der Waals surface area contributed by atoms with Crippen molar-refractivity contribution in [2.45, 2.75) is 57.8 Å². The minimum Gasteiger partial charge on any atom is -0.422 e. The van der Waals surface area contributed by atoms with Gasteiger partial charge in [-0.2, -0.15) is 10.4 Å². The van der Waals surface area contributed by atoms with Crippen LogP contribution in [0.25, 0.3) is 0 Å². The number of hydrazone groups is 1. The first kappa shape index (κ1) is 19.1. The van der Waals surface area contributed by atoms with Crippen molar-refractivity contribution in [1.82, 2.24) is 4.98 Å². The Hall–Kier alpha value is -2.68. The molecule has 2 aromatic rings. The minimum absolute atomic E-state index is 0.217. The van der Waals surface area contributed by atoms with Crippen LogP contribution in [-0.2, 0) is 0 Å². The van der Waals surface area contributed by atoms with Gasteiger partial charge in [0, 0.05) is 5.92 Å².